The molecule has 0 unspecified atom stereocenters. The highest BCUT2D eigenvalue weighted by molar-refractivity contribution is 5.94. The lowest BCUT2D eigenvalue weighted by molar-refractivity contribution is -0.123. The molecule has 1 rings (SSSR count). The lowest BCUT2D eigenvalue weighted by Gasteiger charge is -2.08. The third kappa shape index (κ3) is 6.33. The summed E-state index contributed by atoms with van der Waals surface area (Å²) < 4.78 is 10.5. The summed E-state index contributed by atoms with van der Waals surface area (Å²) in [5.74, 6) is 0.299. The molecule has 1 aromatic carbocycles. The third-order valence-electron chi connectivity index (χ3n) is 2.60. The maximum Gasteiger partial charge on any atom is 0.257 e. The van der Waals surface area contributed by atoms with E-state index < -0.39 is 0 Å². The van der Waals surface area contributed by atoms with Gasteiger partial charge in [-0.3, -0.25) is 9.59 Å². The fourth-order valence-electron chi connectivity index (χ4n) is 1.55. The first-order valence-electron chi connectivity index (χ1n) is 6.71. The number of hydrogen-bond donors (Lipinski definition) is 1. The highest BCUT2D eigenvalue weighted by Crippen LogP contribution is 2.13. The molecule has 0 atom stereocenters. The molecule has 0 aliphatic rings. The minimum absolute atomic E-state index is 0.0316. The van der Waals surface area contributed by atoms with E-state index in [0.29, 0.717) is 31.1 Å². The van der Waals surface area contributed by atoms with Crippen molar-refractivity contribution < 1.29 is 19.1 Å². The van der Waals surface area contributed by atoms with Crippen molar-refractivity contribution in [2.45, 2.75) is 20.3 Å². The van der Waals surface area contributed by atoms with Gasteiger partial charge in [0.1, 0.15) is 5.75 Å². The van der Waals surface area contributed by atoms with Crippen molar-refractivity contribution in [1.82, 2.24) is 5.32 Å². The van der Waals surface area contributed by atoms with Crippen LogP contribution in [0.4, 0.5) is 0 Å². The highest BCUT2D eigenvalue weighted by Gasteiger charge is 2.04. The fourth-order valence-corrected chi connectivity index (χ4v) is 1.55. The number of carbonyl (C=O) groups excluding carboxylic acids is 2. The van der Waals surface area contributed by atoms with Crippen LogP contribution in [0.3, 0.4) is 0 Å². The molecule has 0 bridgehead atoms. The van der Waals surface area contributed by atoms with E-state index in [4.69, 9.17) is 9.47 Å². The van der Waals surface area contributed by atoms with E-state index in [1.54, 1.807) is 24.3 Å². The Morgan fingerprint density at radius 2 is 2.10 bits per heavy atom. The Balaban J connectivity index is 2.27. The van der Waals surface area contributed by atoms with E-state index in [2.05, 4.69) is 5.32 Å². The zero-order chi connectivity index (χ0) is 14.8. The Bertz CT molecular complexity index is 445. The summed E-state index contributed by atoms with van der Waals surface area (Å²) in [5.41, 5.74) is 0.569. The Kier molecular flexibility index (Phi) is 7.35. The minimum Gasteiger partial charge on any atom is -0.484 e. The van der Waals surface area contributed by atoms with Crippen LogP contribution in [0.15, 0.2) is 24.3 Å². The van der Waals surface area contributed by atoms with Crippen LogP contribution in [-0.2, 0) is 9.53 Å². The molecule has 5 nitrogen and oxygen atoms in total. The predicted octanol–water partition coefficient (Wildman–Crippen LogP) is 1.81. The van der Waals surface area contributed by atoms with Gasteiger partial charge in [-0.1, -0.05) is 12.1 Å². The first-order chi connectivity index (χ1) is 9.63. The van der Waals surface area contributed by atoms with Crippen LogP contribution in [0, 0.1) is 0 Å². The third-order valence-corrected chi connectivity index (χ3v) is 2.60. The number of ketones is 1. The summed E-state index contributed by atoms with van der Waals surface area (Å²) in [6.45, 7) is 5.25. The topological polar surface area (TPSA) is 64.6 Å². The summed E-state index contributed by atoms with van der Waals surface area (Å²) >= 11 is 0. The van der Waals surface area contributed by atoms with E-state index >= 15 is 0 Å². The fraction of sp³-hybridized carbons (Fsp3) is 0.467. The zero-order valence-corrected chi connectivity index (χ0v) is 12.0. The number of hydrogen-bond acceptors (Lipinski definition) is 4. The van der Waals surface area contributed by atoms with Gasteiger partial charge in [0.2, 0.25) is 0 Å². The molecule has 110 valence electrons. The molecule has 1 aromatic rings. The monoisotopic (exact) mass is 279 g/mol. The van der Waals surface area contributed by atoms with Crippen molar-refractivity contribution in [3.05, 3.63) is 29.8 Å². The Labute approximate surface area is 119 Å². The molecule has 1 N–H and O–H groups in total. The SMILES string of the molecule is CCOCCCNC(=O)COc1cccc(C(C)=O)c1. The van der Waals surface area contributed by atoms with E-state index in [0.717, 1.165) is 6.42 Å². The lowest BCUT2D eigenvalue weighted by atomic mass is 10.1. The van der Waals surface area contributed by atoms with Gasteiger partial charge in [-0.15, -0.1) is 0 Å². The molecular formula is C15H21NO4. The molecule has 0 spiro atoms. The van der Waals surface area contributed by atoms with Crippen molar-refractivity contribution in [3.8, 4) is 5.75 Å². The first-order valence-corrected chi connectivity index (χ1v) is 6.71. The normalized spacial score (nSPS) is 10.1. The quantitative estimate of drug-likeness (QED) is 0.553. The van der Waals surface area contributed by atoms with E-state index in [9.17, 15) is 9.59 Å². The Hall–Kier alpha value is -1.88. The van der Waals surface area contributed by atoms with Gasteiger partial charge < -0.3 is 14.8 Å². The van der Waals surface area contributed by atoms with Crippen molar-refractivity contribution in [1.29, 1.82) is 0 Å². The van der Waals surface area contributed by atoms with Crippen molar-refractivity contribution >= 4 is 11.7 Å². The lowest BCUT2D eigenvalue weighted by Crippen LogP contribution is -2.30. The number of Topliss-reactive ketones (excluding diaryl/α,β-unsaturated/α-hetero) is 1. The van der Waals surface area contributed by atoms with Gasteiger partial charge in [-0.2, -0.15) is 0 Å². The second-order valence-electron chi connectivity index (χ2n) is 4.27. The van der Waals surface area contributed by atoms with Crippen LogP contribution in [0.25, 0.3) is 0 Å². The van der Waals surface area contributed by atoms with Crippen LogP contribution in [0.1, 0.15) is 30.6 Å². The summed E-state index contributed by atoms with van der Waals surface area (Å²) in [7, 11) is 0. The Morgan fingerprint density at radius 1 is 1.30 bits per heavy atom. The summed E-state index contributed by atoms with van der Waals surface area (Å²) in [4.78, 5) is 22.7. The van der Waals surface area contributed by atoms with Gasteiger partial charge in [0.25, 0.3) is 5.91 Å². The molecule has 0 aliphatic heterocycles. The summed E-state index contributed by atoms with van der Waals surface area (Å²) in [6.07, 6.45) is 0.777. The average Bonchev–Trinajstić information content (AvgIpc) is 2.45. The smallest absolute Gasteiger partial charge is 0.257 e. The maximum absolute atomic E-state index is 11.5. The van der Waals surface area contributed by atoms with E-state index in [1.807, 2.05) is 6.92 Å². The maximum atomic E-state index is 11.5. The molecule has 0 fully saturated rings. The van der Waals surface area contributed by atoms with E-state index in [1.165, 1.54) is 6.92 Å². The standard InChI is InChI=1S/C15H21NO4/c1-3-19-9-5-8-16-15(18)11-20-14-7-4-6-13(10-14)12(2)17/h4,6-7,10H,3,5,8-9,11H2,1-2H3,(H,16,18). The number of carbonyl (C=O) groups is 2. The van der Waals surface area contributed by atoms with Crippen LogP contribution in [0.5, 0.6) is 5.75 Å². The average molecular weight is 279 g/mol. The van der Waals surface area contributed by atoms with Crippen LogP contribution < -0.4 is 10.1 Å². The van der Waals surface area contributed by atoms with E-state index in [-0.39, 0.29) is 18.3 Å². The highest BCUT2D eigenvalue weighted by atomic mass is 16.5. The molecule has 0 heterocycles. The molecule has 0 aliphatic carbocycles. The van der Waals surface area contributed by atoms with Gasteiger partial charge in [-0.05, 0) is 32.4 Å². The van der Waals surface area contributed by atoms with Crippen molar-refractivity contribution in [2.75, 3.05) is 26.4 Å². The molecule has 1 amide bonds. The van der Waals surface area contributed by atoms with Crippen molar-refractivity contribution in [3.63, 3.8) is 0 Å². The zero-order valence-electron chi connectivity index (χ0n) is 12.0. The predicted molar refractivity (Wildman–Crippen MR) is 76.1 cm³/mol. The van der Waals surface area contributed by atoms with Gasteiger partial charge in [0.15, 0.2) is 12.4 Å². The Morgan fingerprint density at radius 3 is 2.80 bits per heavy atom. The first kappa shape index (κ1) is 16.2. The largest absolute Gasteiger partial charge is 0.484 e. The molecular weight excluding hydrogens is 258 g/mol. The molecule has 0 saturated carbocycles. The number of ether oxygens (including phenoxy) is 2. The molecule has 0 aromatic heterocycles. The minimum atomic E-state index is -0.185. The number of amides is 1. The number of benzene rings is 1. The van der Waals surface area contributed by atoms with Gasteiger partial charge >= 0.3 is 0 Å². The summed E-state index contributed by atoms with van der Waals surface area (Å²) in [6, 6.07) is 6.79. The van der Waals surface area contributed by atoms with Gasteiger partial charge in [0.05, 0.1) is 0 Å². The number of rotatable bonds is 9. The number of nitrogens with one attached hydrogen (secondary N) is 1. The van der Waals surface area contributed by atoms with Crippen molar-refractivity contribution in [2.24, 2.45) is 0 Å². The second kappa shape index (κ2) is 9.09. The van der Waals surface area contributed by atoms with Gasteiger partial charge in [0, 0.05) is 25.3 Å². The second-order valence-corrected chi connectivity index (χ2v) is 4.27. The van der Waals surface area contributed by atoms with Crippen LogP contribution in [0.2, 0.25) is 0 Å². The molecule has 0 radical (unpaired) electrons. The van der Waals surface area contributed by atoms with Gasteiger partial charge in [-0.25, -0.2) is 0 Å². The molecule has 20 heavy (non-hydrogen) atoms. The van der Waals surface area contributed by atoms with Crippen LogP contribution in [-0.4, -0.2) is 38.1 Å². The molecule has 5 heteroatoms. The summed E-state index contributed by atoms with van der Waals surface area (Å²) in [5, 5.41) is 2.74. The van der Waals surface area contributed by atoms with Crippen LogP contribution >= 0.6 is 0 Å². The molecule has 0 saturated heterocycles.